The number of sulfonamides is 1. The average Bonchev–Trinajstić information content (AvgIpc) is 3.17. The number of anilines is 1. The number of nitrogens with one attached hydrogen (secondary N) is 1. The van der Waals surface area contributed by atoms with Gasteiger partial charge in [-0.3, -0.25) is 9.48 Å². The quantitative estimate of drug-likeness (QED) is 0.831. The molecular formula is C15H17BrN4O3S. The van der Waals surface area contributed by atoms with E-state index < -0.39 is 16.1 Å². The second-order valence-electron chi connectivity index (χ2n) is 5.59. The molecule has 1 aliphatic heterocycles. The van der Waals surface area contributed by atoms with Gasteiger partial charge in [0, 0.05) is 30.3 Å². The molecule has 2 heterocycles. The van der Waals surface area contributed by atoms with Gasteiger partial charge in [0.2, 0.25) is 15.9 Å². The molecule has 1 amide bonds. The minimum absolute atomic E-state index is 0.184. The highest BCUT2D eigenvalue weighted by atomic mass is 79.9. The Hall–Kier alpha value is -1.71. The van der Waals surface area contributed by atoms with Crippen molar-refractivity contribution in [2.24, 2.45) is 7.05 Å². The molecule has 1 unspecified atom stereocenters. The summed E-state index contributed by atoms with van der Waals surface area (Å²) in [5.41, 5.74) is 0. The SMILES string of the molecule is Cn1ccc(NC(=O)C2CCCN2S(=O)(=O)c2ccc(Br)cc2)n1. The third kappa shape index (κ3) is 3.38. The van der Waals surface area contributed by atoms with Gasteiger partial charge in [-0.1, -0.05) is 15.9 Å². The molecule has 1 atom stereocenters. The first-order valence-corrected chi connectivity index (χ1v) is 9.69. The zero-order chi connectivity index (χ0) is 17.3. The number of halogens is 1. The smallest absolute Gasteiger partial charge is 0.244 e. The minimum Gasteiger partial charge on any atom is -0.308 e. The van der Waals surface area contributed by atoms with Crippen LogP contribution in [0.4, 0.5) is 5.82 Å². The molecule has 0 bridgehead atoms. The van der Waals surface area contributed by atoms with E-state index in [0.717, 1.165) is 4.47 Å². The Labute approximate surface area is 148 Å². The molecule has 1 aromatic heterocycles. The van der Waals surface area contributed by atoms with E-state index in [0.29, 0.717) is 25.2 Å². The van der Waals surface area contributed by atoms with E-state index in [9.17, 15) is 13.2 Å². The van der Waals surface area contributed by atoms with Gasteiger partial charge >= 0.3 is 0 Å². The molecule has 1 N–H and O–H groups in total. The van der Waals surface area contributed by atoms with Crippen LogP contribution in [0.1, 0.15) is 12.8 Å². The van der Waals surface area contributed by atoms with Crippen molar-refractivity contribution in [1.82, 2.24) is 14.1 Å². The Morgan fingerprint density at radius 3 is 2.62 bits per heavy atom. The number of hydrogen-bond donors (Lipinski definition) is 1. The lowest BCUT2D eigenvalue weighted by molar-refractivity contribution is -0.119. The average molecular weight is 413 g/mol. The van der Waals surface area contributed by atoms with Crippen LogP contribution >= 0.6 is 15.9 Å². The van der Waals surface area contributed by atoms with Gasteiger partial charge in [-0.15, -0.1) is 0 Å². The maximum absolute atomic E-state index is 12.8. The summed E-state index contributed by atoms with van der Waals surface area (Å²) < 4.78 is 29.3. The van der Waals surface area contributed by atoms with Crippen molar-refractivity contribution >= 4 is 37.7 Å². The van der Waals surface area contributed by atoms with Crippen LogP contribution in [-0.4, -0.2) is 41.0 Å². The lowest BCUT2D eigenvalue weighted by atomic mass is 10.2. The van der Waals surface area contributed by atoms with Crippen LogP contribution in [0.25, 0.3) is 0 Å². The number of hydrogen-bond acceptors (Lipinski definition) is 4. The van der Waals surface area contributed by atoms with Gasteiger partial charge in [0.15, 0.2) is 5.82 Å². The summed E-state index contributed by atoms with van der Waals surface area (Å²) in [7, 11) is -1.97. The van der Waals surface area contributed by atoms with Gasteiger partial charge in [-0.2, -0.15) is 9.40 Å². The van der Waals surface area contributed by atoms with Crippen LogP contribution in [0.15, 0.2) is 45.9 Å². The molecule has 9 heteroatoms. The monoisotopic (exact) mass is 412 g/mol. The number of amides is 1. The predicted octanol–water partition coefficient (Wildman–Crippen LogP) is 1.97. The van der Waals surface area contributed by atoms with Gasteiger partial charge < -0.3 is 5.32 Å². The molecule has 1 aromatic carbocycles. The molecule has 7 nitrogen and oxygen atoms in total. The van der Waals surface area contributed by atoms with Crippen molar-refractivity contribution in [3.63, 3.8) is 0 Å². The fourth-order valence-electron chi connectivity index (χ4n) is 2.72. The molecule has 1 saturated heterocycles. The Bertz CT molecular complexity index is 848. The first-order chi connectivity index (χ1) is 11.4. The molecule has 24 heavy (non-hydrogen) atoms. The molecular weight excluding hydrogens is 396 g/mol. The Balaban J connectivity index is 1.81. The highest BCUT2D eigenvalue weighted by molar-refractivity contribution is 9.10. The van der Waals surface area contributed by atoms with Crippen LogP contribution in [0.2, 0.25) is 0 Å². The van der Waals surface area contributed by atoms with E-state index >= 15 is 0 Å². The van der Waals surface area contributed by atoms with Crippen molar-refractivity contribution in [1.29, 1.82) is 0 Å². The summed E-state index contributed by atoms with van der Waals surface area (Å²) in [6.07, 6.45) is 2.85. The minimum atomic E-state index is -3.71. The number of carbonyl (C=O) groups excluding carboxylic acids is 1. The molecule has 128 valence electrons. The standard InChI is InChI=1S/C15H17BrN4O3S/c1-19-10-8-14(18-19)17-15(21)13-3-2-9-20(13)24(22,23)12-6-4-11(16)5-7-12/h4-8,10,13H,2-3,9H2,1H3,(H,17,18,21). The molecule has 0 spiro atoms. The summed E-state index contributed by atoms with van der Waals surface area (Å²) in [5, 5.41) is 6.77. The van der Waals surface area contributed by atoms with Crippen molar-refractivity contribution < 1.29 is 13.2 Å². The number of aromatic nitrogens is 2. The topological polar surface area (TPSA) is 84.3 Å². The van der Waals surface area contributed by atoms with E-state index in [1.165, 1.54) is 16.4 Å². The Morgan fingerprint density at radius 2 is 2.00 bits per heavy atom. The van der Waals surface area contributed by atoms with Crippen molar-refractivity contribution in [3.8, 4) is 0 Å². The highest BCUT2D eigenvalue weighted by Gasteiger charge is 2.39. The van der Waals surface area contributed by atoms with Crippen LogP contribution in [-0.2, 0) is 21.9 Å². The summed E-state index contributed by atoms with van der Waals surface area (Å²) in [5.74, 6) is 0.0577. The van der Waals surface area contributed by atoms with Crippen LogP contribution in [0.3, 0.4) is 0 Å². The van der Waals surface area contributed by atoms with E-state index in [2.05, 4.69) is 26.3 Å². The molecule has 0 aliphatic carbocycles. The summed E-state index contributed by atoms with van der Waals surface area (Å²) in [6.45, 7) is 0.332. The third-order valence-electron chi connectivity index (χ3n) is 3.89. The molecule has 0 radical (unpaired) electrons. The first kappa shape index (κ1) is 17.1. The lowest BCUT2D eigenvalue weighted by Gasteiger charge is -2.23. The second kappa shape index (κ2) is 6.66. The molecule has 2 aromatic rings. The number of carbonyl (C=O) groups is 1. The van der Waals surface area contributed by atoms with Crippen molar-refractivity contribution in [2.45, 2.75) is 23.8 Å². The van der Waals surface area contributed by atoms with Crippen molar-refractivity contribution in [2.75, 3.05) is 11.9 Å². The highest BCUT2D eigenvalue weighted by Crippen LogP contribution is 2.27. The van der Waals surface area contributed by atoms with E-state index in [1.807, 2.05) is 0 Å². The number of benzene rings is 1. The zero-order valence-electron chi connectivity index (χ0n) is 13.0. The third-order valence-corrected chi connectivity index (χ3v) is 6.34. The van der Waals surface area contributed by atoms with Gasteiger partial charge in [0.25, 0.3) is 0 Å². The Kier molecular flexibility index (Phi) is 4.75. The van der Waals surface area contributed by atoms with Gasteiger partial charge in [-0.25, -0.2) is 8.42 Å². The number of rotatable bonds is 4. The van der Waals surface area contributed by atoms with E-state index in [-0.39, 0.29) is 10.8 Å². The second-order valence-corrected chi connectivity index (χ2v) is 8.40. The van der Waals surface area contributed by atoms with Crippen LogP contribution < -0.4 is 5.32 Å². The fourth-order valence-corrected chi connectivity index (χ4v) is 4.64. The van der Waals surface area contributed by atoms with Gasteiger partial charge in [0.1, 0.15) is 6.04 Å². The van der Waals surface area contributed by atoms with Crippen LogP contribution in [0, 0.1) is 0 Å². The maximum Gasteiger partial charge on any atom is 0.244 e. The number of nitrogens with zero attached hydrogens (tertiary/aromatic N) is 3. The zero-order valence-corrected chi connectivity index (χ0v) is 15.4. The summed E-state index contributed by atoms with van der Waals surface area (Å²) in [4.78, 5) is 12.7. The van der Waals surface area contributed by atoms with E-state index in [4.69, 9.17) is 0 Å². The first-order valence-electron chi connectivity index (χ1n) is 7.46. The molecule has 0 saturated carbocycles. The predicted molar refractivity (Wildman–Crippen MR) is 92.9 cm³/mol. The van der Waals surface area contributed by atoms with Crippen molar-refractivity contribution in [3.05, 3.63) is 41.0 Å². The number of aryl methyl sites for hydroxylation is 1. The lowest BCUT2D eigenvalue weighted by Crippen LogP contribution is -2.43. The molecule has 1 aliphatic rings. The van der Waals surface area contributed by atoms with Gasteiger partial charge in [-0.05, 0) is 37.1 Å². The van der Waals surface area contributed by atoms with Gasteiger partial charge in [0.05, 0.1) is 4.90 Å². The largest absolute Gasteiger partial charge is 0.308 e. The summed E-state index contributed by atoms with van der Waals surface area (Å²) >= 11 is 3.29. The molecule has 3 rings (SSSR count). The Morgan fingerprint density at radius 1 is 1.29 bits per heavy atom. The fraction of sp³-hybridized carbons (Fsp3) is 0.333. The molecule has 1 fully saturated rings. The summed E-state index contributed by atoms with van der Waals surface area (Å²) in [6, 6.07) is 7.36. The van der Waals surface area contributed by atoms with E-state index in [1.54, 1.807) is 36.1 Å². The normalized spacial score (nSPS) is 18.7. The van der Waals surface area contributed by atoms with Crippen LogP contribution in [0.5, 0.6) is 0 Å². The maximum atomic E-state index is 12.8.